The van der Waals surface area contributed by atoms with Crippen molar-refractivity contribution in [3.05, 3.63) is 47.9 Å². The van der Waals surface area contributed by atoms with Crippen molar-refractivity contribution in [1.29, 1.82) is 0 Å². The van der Waals surface area contributed by atoms with E-state index in [9.17, 15) is 22.0 Å². The second-order valence-corrected chi connectivity index (χ2v) is 5.20. The van der Waals surface area contributed by atoms with Gasteiger partial charge in [0.05, 0.1) is 19.3 Å². The molecule has 0 N–H and O–H groups in total. The van der Waals surface area contributed by atoms with Crippen LogP contribution in [0.5, 0.6) is 5.75 Å². The third-order valence-corrected chi connectivity index (χ3v) is 3.63. The van der Waals surface area contributed by atoms with Gasteiger partial charge in [0.15, 0.2) is 5.82 Å². The Balaban J connectivity index is 1.87. The van der Waals surface area contributed by atoms with Crippen molar-refractivity contribution in [2.45, 2.75) is 12.4 Å². The Labute approximate surface area is 139 Å². The van der Waals surface area contributed by atoms with E-state index in [1.165, 1.54) is 17.0 Å². The number of alkyl halides is 3. The Kier molecular flexibility index (Phi) is 4.71. The molecule has 1 aromatic heterocycles. The first-order valence-corrected chi connectivity index (χ1v) is 7.21. The second kappa shape index (κ2) is 6.79. The molecule has 134 valence electrons. The quantitative estimate of drug-likeness (QED) is 0.621. The van der Waals surface area contributed by atoms with Crippen LogP contribution >= 0.6 is 0 Å². The van der Waals surface area contributed by atoms with Gasteiger partial charge in [0, 0.05) is 6.54 Å². The van der Waals surface area contributed by atoms with E-state index < -0.39 is 24.2 Å². The predicted octanol–water partition coefficient (Wildman–Crippen LogP) is 3.23. The lowest BCUT2D eigenvalue weighted by atomic mass is 10.0. The Morgan fingerprint density at radius 1 is 1.12 bits per heavy atom. The normalized spacial score (nSPS) is 18.3. The molecule has 0 spiro atoms. The number of aromatic nitrogens is 2. The van der Waals surface area contributed by atoms with Crippen molar-refractivity contribution < 1.29 is 31.4 Å². The highest BCUT2D eigenvalue weighted by Crippen LogP contribution is 2.32. The molecule has 2 aromatic rings. The number of halogens is 5. The van der Waals surface area contributed by atoms with Gasteiger partial charge in [-0.3, -0.25) is 0 Å². The van der Waals surface area contributed by atoms with E-state index in [1.54, 1.807) is 0 Å². The van der Waals surface area contributed by atoms with Gasteiger partial charge in [-0.15, -0.1) is 13.2 Å². The zero-order valence-electron chi connectivity index (χ0n) is 12.6. The molecule has 2 heterocycles. The summed E-state index contributed by atoms with van der Waals surface area (Å²) in [4.78, 5) is 8.41. The maximum Gasteiger partial charge on any atom is 0.573 e. The standard InChI is InChI=1S/C15H12F5N3O2/c16-12-13(17)21-8-22-14(12)23-5-6-24-7-11(23)9-1-3-10(4-2-9)25-15(18,19)20/h1-4,8,11H,5-7H2/t11-/m1/s1. The number of anilines is 1. The number of ether oxygens (including phenoxy) is 2. The molecule has 10 heteroatoms. The smallest absolute Gasteiger partial charge is 0.406 e. The van der Waals surface area contributed by atoms with Crippen molar-refractivity contribution in [3.63, 3.8) is 0 Å². The minimum Gasteiger partial charge on any atom is -0.406 e. The van der Waals surface area contributed by atoms with E-state index in [0.717, 1.165) is 18.5 Å². The van der Waals surface area contributed by atoms with Gasteiger partial charge in [-0.2, -0.15) is 8.78 Å². The summed E-state index contributed by atoms with van der Waals surface area (Å²) in [5, 5.41) is 0. The summed E-state index contributed by atoms with van der Waals surface area (Å²) in [6.45, 7) is 0.653. The first-order valence-electron chi connectivity index (χ1n) is 7.21. The number of benzene rings is 1. The topological polar surface area (TPSA) is 47.5 Å². The number of morpholine rings is 1. The summed E-state index contributed by atoms with van der Waals surface area (Å²) in [6, 6.07) is 4.56. The molecule has 3 rings (SSSR count). The predicted molar refractivity (Wildman–Crippen MR) is 76.0 cm³/mol. The minimum absolute atomic E-state index is 0.143. The highest BCUT2D eigenvalue weighted by molar-refractivity contribution is 5.44. The van der Waals surface area contributed by atoms with Crippen LogP contribution in [0.2, 0.25) is 0 Å². The van der Waals surface area contributed by atoms with Gasteiger partial charge in [-0.1, -0.05) is 12.1 Å². The minimum atomic E-state index is -4.79. The van der Waals surface area contributed by atoms with E-state index in [-0.39, 0.29) is 31.3 Å². The lowest BCUT2D eigenvalue weighted by Crippen LogP contribution is -2.40. The highest BCUT2D eigenvalue weighted by atomic mass is 19.4. The van der Waals surface area contributed by atoms with Crippen LogP contribution in [0.25, 0.3) is 0 Å². The molecule has 0 amide bonds. The molecule has 1 aliphatic rings. The number of hydrogen-bond donors (Lipinski definition) is 0. The number of hydrogen-bond acceptors (Lipinski definition) is 5. The maximum atomic E-state index is 14.0. The Morgan fingerprint density at radius 3 is 2.52 bits per heavy atom. The Morgan fingerprint density at radius 2 is 1.84 bits per heavy atom. The summed E-state index contributed by atoms with van der Waals surface area (Å²) < 4.78 is 73.2. The Bertz CT molecular complexity index is 739. The molecule has 1 aliphatic heterocycles. The lowest BCUT2D eigenvalue weighted by Gasteiger charge is -2.36. The third kappa shape index (κ3) is 3.95. The van der Waals surface area contributed by atoms with Crippen molar-refractivity contribution >= 4 is 5.82 Å². The van der Waals surface area contributed by atoms with Gasteiger partial charge in [-0.25, -0.2) is 9.97 Å². The van der Waals surface area contributed by atoms with Gasteiger partial charge in [0.1, 0.15) is 12.1 Å². The monoisotopic (exact) mass is 361 g/mol. The molecule has 5 nitrogen and oxygen atoms in total. The third-order valence-electron chi connectivity index (χ3n) is 3.63. The van der Waals surface area contributed by atoms with Crippen LogP contribution in [0.1, 0.15) is 11.6 Å². The van der Waals surface area contributed by atoms with Crippen LogP contribution in [0.15, 0.2) is 30.6 Å². The van der Waals surface area contributed by atoms with Crippen LogP contribution in [-0.2, 0) is 4.74 Å². The van der Waals surface area contributed by atoms with Gasteiger partial charge in [-0.05, 0) is 17.7 Å². The first kappa shape index (κ1) is 17.3. The van der Waals surface area contributed by atoms with Gasteiger partial charge in [0.2, 0.25) is 5.82 Å². The molecule has 0 unspecified atom stereocenters. The SMILES string of the molecule is Fc1ncnc(N2CCOC[C@@H]2c2ccc(OC(F)(F)F)cc2)c1F. The zero-order chi connectivity index (χ0) is 18.0. The van der Waals surface area contributed by atoms with Gasteiger partial charge >= 0.3 is 6.36 Å². The van der Waals surface area contributed by atoms with Crippen LogP contribution in [0.4, 0.5) is 27.8 Å². The second-order valence-electron chi connectivity index (χ2n) is 5.20. The van der Waals surface area contributed by atoms with E-state index in [2.05, 4.69) is 14.7 Å². The van der Waals surface area contributed by atoms with E-state index in [0.29, 0.717) is 5.56 Å². The van der Waals surface area contributed by atoms with Gasteiger partial charge < -0.3 is 14.4 Å². The first-order chi connectivity index (χ1) is 11.8. The molecule has 1 saturated heterocycles. The van der Waals surface area contributed by atoms with E-state index >= 15 is 0 Å². The average molecular weight is 361 g/mol. The summed E-state index contributed by atoms with van der Waals surface area (Å²) in [5.74, 6) is -3.06. The van der Waals surface area contributed by atoms with Crippen LogP contribution < -0.4 is 9.64 Å². The fourth-order valence-electron chi connectivity index (χ4n) is 2.57. The molecule has 0 aliphatic carbocycles. The lowest BCUT2D eigenvalue weighted by molar-refractivity contribution is -0.274. The molecule has 0 bridgehead atoms. The fourth-order valence-corrected chi connectivity index (χ4v) is 2.57. The summed E-state index contributed by atoms with van der Waals surface area (Å²) >= 11 is 0. The fraction of sp³-hybridized carbons (Fsp3) is 0.333. The molecule has 1 aromatic carbocycles. The maximum absolute atomic E-state index is 14.0. The molecular weight excluding hydrogens is 349 g/mol. The van der Waals surface area contributed by atoms with Crippen LogP contribution in [0.3, 0.4) is 0 Å². The van der Waals surface area contributed by atoms with Crippen LogP contribution in [-0.4, -0.2) is 36.1 Å². The number of rotatable bonds is 3. The van der Waals surface area contributed by atoms with Gasteiger partial charge in [0.25, 0.3) is 5.95 Å². The summed E-state index contributed by atoms with van der Waals surface area (Å²) in [7, 11) is 0. The van der Waals surface area contributed by atoms with E-state index in [4.69, 9.17) is 4.74 Å². The zero-order valence-corrected chi connectivity index (χ0v) is 12.6. The summed E-state index contributed by atoms with van der Waals surface area (Å²) in [5.41, 5.74) is 0.549. The van der Waals surface area contributed by atoms with Crippen molar-refractivity contribution in [1.82, 2.24) is 9.97 Å². The summed E-state index contributed by atoms with van der Waals surface area (Å²) in [6.07, 6.45) is -3.89. The highest BCUT2D eigenvalue weighted by Gasteiger charge is 2.32. The molecule has 1 atom stereocenters. The molecule has 1 fully saturated rings. The molecule has 0 radical (unpaired) electrons. The Hall–Kier alpha value is -2.49. The van der Waals surface area contributed by atoms with E-state index in [1.807, 2.05) is 0 Å². The molecule has 0 saturated carbocycles. The molecule has 25 heavy (non-hydrogen) atoms. The average Bonchev–Trinajstić information content (AvgIpc) is 2.57. The molecular formula is C15H12F5N3O2. The largest absolute Gasteiger partial charge is 0.573 e. The van der Waals surface area contributed by atoms with Crippen molar-refractivity contribution in [3.8, 4) is 5.75 Å². The van der Waals surface area contributed by atoms with Crippen LogP contribution in [0, 0.1) is 11.8 Å². The van der Waals surface area contributed by atoms with Crippen molar-refractivity contribution in [2.24, 2.45) is 0 Å². The van der Waals surface area contributed by atoms with Crippen molar-refractivity contribution in [2.75, 3.05) is 24.7 Å². The number of nitrogens with zero attached hydrogens (tertiary/aromatic N) is 3.